The average Bonchev–Trinajstić information content (AvgIpc) is 3.01. The van der Waals surface area contributed by atoms with Gasteiger partial charge in [-0.3, -0.25) is 4.79 Å². The van der Waals surface area contributed by atoms with Crippen LogP contribution in [0.4, 0.5) is 0 Å². The van der Waals surface area contributed by atoms with E-state index in [-0.39, 0.29) is 28.9 Å². The third kappa shape index (κ3) is 3.01. The van der Waals surface area contributed by atoms with Crippen LogP contribution in [0.2, 0.25) is 0 Å². The molecule has 138 valence electrons. The molecule has 1 aliphatic heterocycles. The van der Waals surface area contributed by atoms with Gasteiger partial charge in [0.1, 0.15) is 23.6 Å². The molecule has 3 rings (SSSR count). The first-order valence-corrected chi connectivity index (χ1v) is 8.78. The molecule has 0 fully saturated rings. The Morgan fingerprint density at radius 1 is 1.54 bits per heavy atom. The number of carbonyl (C=O) groups is 1. The zero-order valence-electron chi connectivity index (χ0n) is 15.6. The number of ketones is 1. The SMILES string of the molecule is CCO[C@H](C)n1nccc1[C@@H]1C(C#N)=C(N)OC2=C1C(=O)CC(C)(C)C2. The van der Waals surface area contributed by atoms with E-state index in [1.165, 1.54) is 0 Å². The van der Waals surface area contributed by atoms with E-state index in [0.717, 1.165) is 0 Å². The monoisotopic (exact) mass is 356 g/mol. The van der Waals surface area contributed by atoms with Crippen LogP contribution < -0.4 is 5.73 Å². The highest BCUT2D eigenvalue weighted by molar-refractivity contribution is 5.99. The van der Waals surface area contributed by atoms with Crippen LogP contribution in [0.3, 0.4) is 0 Å². The Morgan fingerprint density at radius 3 is 2.92 bits per heavy atom. The molecule has 0 saturated carbocycles. The van der Waals surface area contributed by atoms with Crippen LogP contribution in [0.25, 0.3) is 0 Å². The summed E-state index contributed by atoms with van der Waals surface area (Å²) in [5.74, 6) is 0.0131. The standard InChI is InChI=1S/C19H24N4O3/c1-5-25-11(2)23-13(6-7-22-23)16-12(10-20)18(21)26-15-9-19(3,4)8-14(24)17(15)16/h6-7,11,16H,5,8-9,21H2,1-4H3/t11-,16+/m1/s1. The van der Waals surface area contributed by atoms with Crippen molar-refractivity contribution >= 4 is 5.78 Å². The quantitative estimate of drug-likeness (QED) is 0.890. The zero-order chi connectivity index (χ0) is 19.1. The minimum atomic E-state index is -0.585. The Morgan fingerprint density at radius 2 is 2.27 bits per heavy atom. The molecule has 2 N–H and O–H groups in total. The predicted molar refractivity (Wildman–Crippen MR) is 94.3 cm³/mol. The van der Waals surface area contributed by atoms with Gasteiger partial charge in [-0.05, 0) is 25.3 Å². The summed E-state index contributed by atoms with van der Waals surface area (Å²) in [5.41, 5.74) is 7.29. The minimum absolute atomic E-state index is 0.0155. The Bertz CT molecular complexity index is 841. The lowest BCUT2D eigenvalue weighted by atomic mass is 9.71. The number of hydrogen-bond donors (Lipinski definition) is 1. The Labute approximate surface area is 153 Å². The molecule has 26 heavy (non-hydrogen) atoms. The lowest BCUT2D eigenvalue weighted by Gasteiger charge is -2.37. The van der Waals surface area contributed by atoms with E-state index < -0.39 is 5.92 Å². The largest absolute Gasteiger partial charge is 0.444 e. The van der Waals surface area contributed by atoms with Gasteiger partial charge in [0.2, 0.25) is 5.88 Å². The van der Waals surface area contributed by atoms with Gasteiger partial charge in [-0.1, -0.05) is 13.8 Å². The number of hydrogen-bond acceptors (Lipinski definition) is 6. The van der Waals surface area contributed by atoms with Crippen LogP contribution in [0.5, 0.6) is 0 Å². The molecule has 0 aromatic carbocycles. The molecular formula is C19H24N4O3. The molecule has 0 amide bonds. The average molecular weight is 356 g/mol. The second-order valence-electron chi connectivity index (χ2n) is 7.46. The van der Waals surface area contributed by atoms with Crippen molar-refractivity contribution in [2.24, 2.45) is 11.1 Å². The molecule has 7 nitrogen and oxygen atoms in total. The van der Waals surface area contributed by atoms with E-state index >= 15 is 0 Å². The van der Waals surface area contributed by atoms with Crippen molar-refractivity contribution in [3.05, 3.63) is 40.7 Å². The van der Waals surface area contributed by atoms with Crippen LogP contribution in [-0.4, -0.2) is 22.2 Å². The number of aromatic nitrogens is 2. The van der Waals surface area contributed by atoms with E-state index in [9.17, 15) is 10.1 Å². The summed E-state index contributed by atoms with van der Waals surface area (Å²) in [6.07, 6.45) is 2.31. The summed E-state index contributed by atoms with van der Waals surface area (Å²) in [6, 6.07) is 3.93. The summed E-state index contributed by atoms with van der Waals surface area (Å²) >= 11 is 0. The fraction of sp³-hybridized carbons (Fsp3) is 0.526. The van der Waals surface area contributed by atoms with Crippen molar-refractivity contribution in [1.82, 2.24) is 9.78 Å². The third-order valence-corrected chi connectivity index (χ3v) is 4.82. The van der Waals surface area contributed by atoms with Crippen LogP contribution >= 0.6 is 0 Å². The number of nitrogens with zero attached hydrogens (tertiary/aromatic N) is 3. The van der Waals surface area contributed by atoms with Crippen LogP contribution in [0.15, 0.2) is 35.1 Å². The summed E-state index contributed by atoms with van der Waals surface area (Å²) in [7, 11) is 0. The first-order chi connectivity index (χ1) is 12.3. The Hall–Kier alpha value is -2.59. The molecule has 1 aliphatic carbocycles. The normalized spacial score (nSPS) is 23.3. The topological polar surface area (TPSA) is 103 Å². The number of carbonyl (C=O) groups excluding carboxylic acids is 1. The van der Waals surface area contributed by atoms with Crippen molar-refractivity contribution < 1.29 is 14.3 Å². The van der Waals surface area contributed by atoms with E-state index in [2.05, 4.69) is 11.2 Å². The zero-order valence-corrected chi connectivity index (χ0v) is 15.6. The maximum absolute atomic E-state index is 13.0. The number of nitrogens with two attached hydrogens (primary N) is 1. The Kier molecular flexibility index (Phi) is 4.63. The summed E-state index contributed by atoms with van der Waals surface area (Å²) in [5, 5.41) is 14.0. The first kappa shape index (κ1) is 18.2. The van der Waals surface area contributed by atoms with Crippen LogP contribution in [0, 0.1) is 16.7 Å². The van der Waals surface area contributed by atoms with E-state index in [0.29, 0.717) is 36.5 Å². The molecule has 2 heterocycles. The second-order valence-corrected chi connectivity index (χ2v) is 7.46. The summed E-state index contributed by atoms with van der Waals surface area (Å²) in [4.78, 5) is 13.0. The summed E-state index contributed by atoms with van der Waals surface area (Å²) < 4.78 is 13.1. The van der Waals surface area contributed by atoms with Gasteiger partial charge < -0.3 is 15.2 Å². The van der Waals surface area contributed by atoms with Gasteiger partial charge in [0.15, 0.2) is 5.78 Å². The van der Waals surface area contributed by atoms with Gasteiger partial charge in [0.05, 0.1) is 11.6 Å². The summed E-state index contributed by atoms with van der Waals surface area (Å²) in [6.45, 7) is 8.35. The number of nitriles is 1. The third-order valence-electron chi connectivity index (χ3n) is 4.82. The number of Topliss-reactive ketones (excluding diaryl/α,β-unsaturated/α-hetero) is 1. The highest BCUT2D eigenvalue weighted by Gasteiger charge is 2.44. The molecule has 0 saturated heterocycles. The number of allylic oxidation sites excluding steroid dienone is 3. The molecule has 0 spiro atoms. The molecule has 2 atom stereocenters. The fourth-order valence-electron chi connectivity index (χ4n) is 3.75. The van der Waals surface area contributed by atoms with Gasteiger partial charge in [0.25, 0.3) is 0 Å². The minimum Gasteiger partial charge on any atom is -0.444 e. The van der Waals surface area contributed by atoms with Gasteiger partial charge in [-0.25, -0.2) is 4.68 Å². The number of rotatable bonds is 4. The van der Waals surface area contributed by atoms with Gasteiger partial charge >= 0.3 is 0 Å². The van der Waals surface area contributed by atoms with E-state index in [1.54, 1.807) is 16.9 Å². The Balaban J connectivity index is 2.15. The lowest BCUT2D eigenvalue weighted by Crippen LogP contribution is -2.34. The van der Waals surface area contributed by atoms with Crippen LogP contribution in [-0.2, 0) is 14.3 Å². The smallest absolute Gasteiger partial charge is 0.205 e. The maximum Gasteiger partial charge on any atom is 0.205 e. The van der Waals surface area contributed by atoms with Crippen molar-refractivity contribution in [1.29, 1.82) is 5.26 Å². The van der Waals surface area contributed by atoms with Gasteiger partial charge in [0, 0.05) is 31.2 Å². The fourth-order valence-corrected chi connectivity index (χ4v) is 3.75. The predicted octanol–water partition coefficient (Wildman–Crippen LogP) is 2.89. The van der Waals surface area contributed by atoms with Gasteiger partial charge in [-0.15, -0.1) is 0 Å². The molecule has 2 aliphatic rings. The van der Waals surface area contributed by atoms with Crippen molar-refractivity contribution in [2.45, 2.75) is 52.7 Å². The van der Waals surface area contributed by atoms with Crippen molar-refractivity contribution in [2.75, 3.05) is 6.61 Å². The molecule has 0 unspecified atom stereocenters. The molecule has 0 bridgehead atoms. The second kappa shape index (κ2) is 6.61. The lowest BCUT2D eigenvalue weighted by molar-refractivity contribution is -0.119. The van der Waals surface area contributed by atoms with E-state index in [1.807, 2.05) is 27.7 Å². The number of ether oxygens (including phenoxy) is 2. The first-order valence-electron chi connectivity index (χ1n) is 8.78. The highest BCUT2D eigenvalue weighted by Crippen LogP contribution is 2.48. The maximum atomic E-state index is 13.0. The van der Waals surface area contributed by atoms with Crippen LogP contribution in [0.1, 0.15) is 58.4 Å². The van der Waals surface area contributed by atoms with Gasteiger partial charge in [-0.2, -0.15) is 10.4 Å². The molecule has 0 radical (unpaired) electrons. The molecule has 1 aromatic rings. The van der Waals surface area contributed by atoms with Crippen molar-refractivity contribution in [3.63, 3.8) is 0 Å². The molecular weight excluding hydrogens is 332 g/mol. The molecule has 7 heteroatoms. The molecule has 1 aromatic heterocycles. The highest BCUT2D eigenvalue weighted by atomic mass is 16.5. The van der Waals surface area contributed by atoms with Crippen molar-refractivity contribution in [3.8, 4) is 6.07 Å². The van der Waals surface area contributed by atoms with E-state index in [4.69, 9.17) is 15.2 Å².